The molecule has 3 nitrogen and oxygen atoms in total. The van der Waals surface area contributed by atoms with E-state index in [1.807, 2.05) is 0 Å². The fourth-order valence-electron chi connectivity index (χ4n) is 6.65. The molecule has 0 saturated heterocycles. The van der Waals surface area contributed by atoms with Crippen molar-refractivity contribution in [3.63, 3.8) is 0 Å². The summed E-state index contributed by atoms with van der Waals surface area (Å²) < 4.78 is 5.07. The van der Waals surface area contributed by atoms with Crippen LogP contribution in [0.25, 0.3) is 43.6 Å². The van der Waals surface area contributed by atoms with Crippen molar-refractivity contribution in [2.24, 2.45) is 0 Å². The molecule has 0 bridgehead atoms. The predicted octanol–water partition coefficient (Wildman–Crippen LogP) is 10.4. The molecular formula is C38H45N3. The molecule has 0 atom stereocenters. The summed E-state index contributed by atoms with van der Waals surface area (Å²) in [6.07, 6.45) is 10.3. The number of aryl methyl sites for hydroxylation is 2. The van der Waals surface area contributed by atoms with E-state index >= 15 is 0 Å². The van der Waals surface area contributed by atoms with Gasteiger partial charge in [-0.3, -0.25) is 0 Å². The van der Waals surface area contributed by atoms with E-state index in [1.165, 1.54) is 106 Å². The first-order chi connectivity index (χ1) is 20.3. The molecule has 3 heteroatoms. The van der Waals surface area contributed by atoms with Crippen LogP contribution in [0, 0.1) is 0 Å². The second kappa shape index (κ2) is 13.0. The Morgan fingerprint density at radius 3 is 1.37 bits per heavy atom. The minimum Gasteiger partial charge on any atom is -0.340 e. The van der Waals surface area contributed by atoms with E-state index < -0.39 is 0 Å². The lowest BCUT2D eigenvalue weighted by Crippen LogP contribution is -2.12. The maximum atomic E-state index is 3.74. The standard InChI is InChI=1S/C38H45N3/c1-3-5-7-13-23-40-35-17-11-9-15-31(35)33-25-29(19-21-37(33)40)27-39-28-30-20-22-38-34(26-30)32-16-10-12-18-36(32)41(38)24-14-8-6-4-2/h9-12,15-22,25-26,39H,3-8,13-14,23-24,27-28H2,1-2H3. The van der Waals surface area contributed by atoms with Gasteiger partial charge in [0.15, 0.2) is 0 Å². The Morgan fingerprint density at radius 2 is 0.902 bits per heavy atom. The normalized spacial score (nSPS) is 12.0. The Bertz CT molecular complexity index is 1620. The third kappa shape index (κ3) is 5.78. The van der Waals surface area contributed by atoms with E-state index in [0.717, 1.165) is 26.2 Å². The second-order valence-corrected chi connectivity index (χ2v) is 11.8. The Labute approximate surface area is 245 Å². The van der Waals surface area contributed by atoms with Gasteiger partial charge in [0.2, 0.25) is 0 Å². The van der Waals surface area contributed by atoms with Gasteiger partial charge in [-0.2, -0.15) is 0 Å². The van der Waals surface area contributed by atoms with Gasteiger partial charge < -0.3 is 14.5 Å². The Hall–Kier alpha value is -3.56. The molecule has 0 spiro atoms. The molecule has 0 unspecified atom stereocenters. The molecule has 6 rings (SSSR count). The van der Waals surface area contributed by atoms with Crippen LogP contribution < -0.4 is 5.32 Å². The van der Waals surface area contributed by atoms with Crippen molar-refractivity contribution >= 4 is 43.6 Å². The SMILES string of the molecule is CCCCCCn1c2ccccc2c2cc(CNCc3ccc4c(c3)c3ccccc3n4CCCCCC)ccc21. The molecule has 2 aromatic heterocycles. The first kappa shape index (κ1) is 27.6. The van der Waals surface area contributed by atoms with Crippen LogP contribution in [0.3, 0.4) is 0 Å². The highest BCUT2D eigenvalue weighted by Crippen LogP contribution is 2.32. The summed E-state index contributed by atoms with van der Waals surface area (Å²) in [5, 5.41) is 9.24. The summed E-state index contributed by atoms with van der Waals surface area (Å²) >= 11 is 0. The number of nitrogens with one attached hydrogen (secondary N) is 1. The molecule has 0 aliphatic carbocycles. The molecule has 0 amide bonds. The Morgan fingerprint density at radius 1 is 0.463 bits per heavy atom. The fourth-order valence-corrected chi connectivity index (χ4v) is 6.65. The van der Waals surface area contributed by atoms with Crippen LogP contribution in [-0.4, -0.2) is 9.13 Å². The average molecular weight is 544 g/mol. The van der Waals surface area contributed by atoms with Crippen molar-refractivity contribution in [2.75, 3.05) is 0 Å². The quantitative estimate of drug-likeness (QED) is 0.136. The van der Waals surface area contributed by atoms with E-state index in [9.17, 15) is 0 Å². The Kier molecular flexibility index (Phi) is 8.72. The molecule has 4 aromatic carbocycles. The molecular weight excluding hydrogens is 498 g/mol. The number of hydrogen-bond donors (Lipinski definition) is 1. The van der Waals surface area contributed by atoms with Gasteiger partial charge in [-0.1, -0.05) is 101 Å². The van der Waals surface area contributed by atoms with Gasteiger partial charge in [-0.15, -0.1) is 0 Å². The monoisotopic (exact) mass is 543 g/mol. The number of aromatic nitrogens is 2. The smallest absolute Gasteiger partial charge is 0.0491 e. The van der Waals surface area contributed by atoms with Crippen LogP contribution in [-0.2, 0) is 26.2 Å². The lowest BCUT2D eigenvalue weighted by atomic mass is 10.1. The Balaban J connectivity index is 1.19. The largest absolute Gasteiger partial charge is 0.340 e. The van der Waals surface area contributed by atoms with Gasteiger partial charge in [-0.05, 0) is 60.4 Å². The van der Waals surface area contributed by atoms with Crippen molar-refractivity contribution < 1.29 is 0 Å². The number of para-hydroxylation sites is 2. The van der Waals surface area contributed by atoms with Crippen molar-refractivity contribution in [1.29, 1.82) is 0 Å². The predicted molar refractivity (Wildman–Crippen MR) is 178 cm³/mol. The van der Waals surface area contributed by atoms with Crippen molar-refractivity contribution in [2.45, 2.75) is 91.4 Å². The average Bonchev–Trinajstić information content (AvgIpc) is 3.49. The third-order valence-corrected chi connectivity index (χ3v) is 8.80. The van der Waals surface area contributed by atoms with Crippen LogP contribution >= 0.6 is 0 Å². The zero-order valence-electron chi connectivity index (χ0n) is 25.0. The third-order valence-electron chi connectivity index (χ3n) is 8.80. The van der Waals surface area contributed by atoms with Gasteiger partial charge in [0.05, 0.1) is 0 Å². The number of rotatable bonds is 14. The van der Waals surface area contributed by atoms with Crippen LogP contribution in [0.5, 0.6) is 0 Å². The summed E-state index contributed by atoms with van der Waals surface area (Å²) in [6, 6.07) is 31.9. The minimum absolute atomic E-state index is 0.864. The highest BCUT2D eigenvalue weighted by atomic mass is 15.0. The number of unbranched alkanes of at least 4 members (excludes halogenated alkanes) is 6. The zero-order valence-corrected chi connectivity index (χ0v) is 25.0. The summed E-state index contributed by atoms with van der Waals surface area (Å²) in [7, 11) is 0. The van der Waals surface area contributed by atoms with E-state index in [4.69, 9.17) is 0 Å². The van der Waals surface area contributed by atoms with Crippen molar-refractivity contribution in [3.05, 3.63) is 96.1 Å². The lowest BCUT2D eigenvalue weighted by molar-refractivity contribution is 0.602. The minimum atomic E-state index is 0.864. The molecule has 0 saturated carbocycles. The molecule has 6 aromatic rings. The van der Waals surface area contributed by atoms with Crippen LogP contribution in [0.15, 0.2) is 84.9 Å². The first-order valence-corrected chi connectivity index (χ1v) is 16.0. The first-order valence-electron chi connectivity index (χ1n) is 16.0. The highest BCUT2D eigenvalue weighted by Gasteiger charge is 2.12. The number of fused-ring (bicyclic) bond motifs is 6. The summed E-state index contributed by atoms with van der Waals surface area (Å²) in [5.41, 5.74) is 8.14. The summed E-state index contributed by atoms with van der Waals surface area (Å²) in [6.45, 7) is 8.48. The topological polar surface area (TPSA) is 21.9 Å². The molecule has 212 valence electrons. The lowest BCUT2D eigenvalue weighted by Gasteiger charge is -2.09. The molecule has 41 heavy (non-hydrogen) atoms. The van der Waals surface area contributed by atoms with Gasteiger partial charge in [0.1, 0.15) is 0 Å². The maximum absolute atomic E-state index is 3.74. The fraction of sp³-hybridized carbons (Fsp3) is 0.368. The van der Waals surface area contributed by atoms with Gasteiger partial charge in [-0.25, -0.2) is 0 Å². The molecule has 0 aliphatic rings. The second-order valence-electron chi connectivity index (χ2n) is 11.8. The summed E-state index contributed by atoms with van der Waals surface area (Å²) in [5.74, 6) is 0. The van der Waals surface area contributed by atoms with Crippen LogP contribution in [0.1, 0.15) is 76.3 Å². The molecule has 2 heterocycles. The van der Waals surface area contributed by atoms with Crippen LogP contribution in [0.4, 0.5) is 0 Å². The molecule has 0 fully saturated rings. The van der Waals surface area contributed by atoms with Crippen molar-refractivity contribution in [3.8, 4) is 0 Å². The maximum Gasteiger partial charge on any atom is 0.0491 e. The van der Waals surface area contributed by atoms with E-state index in [1.54, 1.807) is 0 Å². The number of benzene rings is 4. The number of nitrogens with zero attached hydrogens (tertiary/aromatic N) is 2. The summed E-state index contributed by atoms with van der Waals surface area (Å²) in [4.78, 5) is 0. The van der Waals surface area contributed by atoms with Crippen molar-refractivity contribution in [1.82, 2.24) is 14.5 Å². The number of hydrogen-bond acceptors (Lipinski definition) is 1. The van der Waals surface area contributed by atoms with E-state index in [0.29, 0.717) is 0 Å². The van der Waals surface area contributed by atoms with Gasteiger partial charge in [0.25, 0.3) is 0 Å². The highest BCUT2D eigenvalue weighted by molar-refractivity contribution is 6.09. The van der Waals surface area contributed by atoms with Crippen LogP contribution in [0.2, 0.25) is 0 Å². The molecule has 0 radical (unpaired) electrons. The van der Waals surface area contributed by atoms with E-state index in [2.05, 4.69) is 113 Å². The molecule has 0 aliphatic heterocycles. The van der Waals surface area contributed by atoms with Gasteiger partial charge >= 0.3 is 0 Å². The molecule has 1 N–H and O–H groups in total. The van der Waals surface area contributed by atoms with E-state index in [-0.39, 0.29) is 0 Å². The van der Waals surface area contributed by atoms with Gasteiger partial charge in [0, 0.05) is 69.8 Å². The zero-order chi connectivity index (χ0) is 28.0.